The molecule has 1 aromatic carbocycles. The van der Waals surface area contributed by atoms with Gasteiger partial charge in [-0.15, -0.1) is 0 Å². The van der Waals surface area contributed by atoms with E-state index in [1.54, 1.807) is 6.92 Å². The number of allylic oxidation sites excluding steroid dienone is 1. The van der Waals surface area contributed by atoms with E-state index >= 15 is 0 Å². The van der Waals surface area contributed by atoms with Crippen molar-refractivity contribution in [3.05, 3.63) is 53.5 Å². The molecule has 0 spiro atoms. The lowest BCUT2D eigenvalue weighted by Gasteiger charge is -2.23. The van der Waals surface area contributed by atoms with Crippen LogP contribution in [-0.2, 0) is 4.79 Å². The second-order valence-electron chi connectivity index (χ2n) is 7.36. The van der Waals surface area contributed by atoms with Crippen LogP contribution >= 0.6 is 0 Å². The van der Waals surface area contributed by atoms with Gasteiger partial charge in [-0.05, 0) is 51.3 Å². The van der Waals surface area contributed by atoms with Crippen LogP contribution < -0.4 is 15.8 Å². The average Bonchev–Trinajstić information content (AvgIpc) is 2.70. The van der Waals surface area contributed by atoms with E-state index in [4.69, 9.17) is 10.5 Å². The quantitative estimate of drug-likeness (QED) is 0.746. The second kappa shape index (κ2) is 8.86. The number of hydrogen-bond acceptors (Lipinski definition) is 6. The second-order valence-corrected chi connectivity index (χ2v) is 7.36. The van der Waals surface area contributed by atoms with Crippen LogP contribution in [0.4, 0.5) is 5.82 Å². The highest BCUT2D eigenvalue weighted by atomic mass is 16.5. The number of carbonyl (C=O) groups is 2. The number of ketones is 1. The maximum atomic E-state index is 11.7. The summed E-state index contributed by atoms with van der Waals surface area (Å²) >= 11 is 0. The summed E-state index contributed by atoms with van der Waals surface area (Å²) in [6, 6.07) is 9.05. The Morgan fingerprint density at radius 3 is 2.55 bits per heavy atom. The highest BCUT2D eigenvalue weighted by molar-refractivity contribution is 5.92. The maximum absolute atomic E-state index is 11.7. The lowest BCUT2D eigenvalue weighted by atomic mass is 9.96. The number of aromatic nitrogens is 2. The highest BCUT2D eigenvalue weighted by Crippen LogP contribution is 2.28. The van der Waals surface area contributed by atoms with E-state index in [1.807, 2.05) is 37.3 Å². The minimum Gasteiger partial charge on any atom is -0.490 e. The van der Waals surface area contributed by atoms with Gasteiger partial charge in [-0.1, -0.05) is 23.8 Å². The van der Waals surface area contributed by atoms with Gasteiger partial charge in [-0.3, -0.25) is 9.59 Å². The summed E-state index contributed by atoms with van der Waals surface area (Å²) in [5.41, 5.74) is 7.68. The number of Topliss-reactive ketones (excluding diaryl/α,β-unsaturated/α-hetero) is 1. The zero-order valence-electron chi connectivity index (χ0n) is 16.9. The first kappa shape index (κ1) is 20.5. The molecule has 3 N–H and O–H groups in total. The molecule has 7 nitrogen and oxygen atoms in total. The Balaban J connectivity index is 1.76. The molecule has 7 heteroatoms. The van der Waals surface area contributed by atoms with Crippen LogP contribution in [0.25, 0.3) is 5.57 Å². The number of benzene rings is 1. The normalized spacial score (nSPS) is 17.2. The van der Waals surface area contributed by atoms with E-state index in [0.29, 0.717) is 11.6 Å². The molecule has 2 aromatic rings. The number of nitrogens with two attached hydrogens (primary N) is 1. The number of aryl methyl sites for hydroxylation is 1. The number of rotatable bonds is 7. The van der Waals surface area contributed by atoms with Crippen LogP contribution in [0, 0.1) is 6.92 Å². The van der Waals surface area contributed by atoms with Crippen molar-refractivity contribution in [1.82, 2.24) is 9.97 Å². The molecule has 1 aliphatic carbocycles. The minimum absolute atomic E-state index is 0.0289. The summed E-state index contributed by atoms with van der Waals surface area (Å²) in [5.74, 6) is 1.05. The van der Waals surface area contributed by atoms with Crippen molar-refractivity contribution in [3.8, 4) is 5.75 Å². The Morgan fingerprint density at radius 1 is 1.24 bits per heavy atom. The number of carbonyl (C=O) groups excluding carboxylic acids is 2. The monoisotopic (exact) mass is 394 g/mol. The first-order valence-electron chi connectivity index (χ1n) is 9.70. The lowest BCUT2D eigenvalue weighted by Crippen LogP contribution is -2.25. The summed E-state index contributed by atoms with van der Waals surface area (Å²) in [7, 11) is 0. The molecule has 2 atom stereocenters. The van der Waals surface area contributed by atoms with Gasteiger partial charge in [0, 0.05) is 12.5 Å². The Labute approximate surface area is 170 Å². The van der Waals surface area contributed by atoms with Crippen LogP contribution in [0.3, 0.4) is 0 Å². The van der Waals surface area contributed by atoms with E-state index in [9.17, 15) is 9.59 Å². The van der Waals surface area contributed by atoms with Crippen molar-refractivity contribution >= 4 is 23.1 Å². The lowest BCUT2D eigenvalue weighted by molar-refractivity contribution is -0.117. The fraction of sp³-hybridized carbons (Fsp3) is 0.364. The zero-order chi connectivity index (χ0) is 21.0. The summed E-state index contributed by atoms with van der Waals surface area (Å²) in [5, 5.41) is 3.00. The Bertz CT molecular complexity index is 938. The van der Waals surface area contributed by atoms with Gasteiger partial charge in [0.05, 0.1) is 6.04 Å². The minimum atomic E-state index is -0.635. The van der Waals surface area contributed by atoms with Crippen molar-refractivity contribution in [3.63, 3.8) is 0 Å². The highest BCUT2D eigenvalue weighted by Gasteiger charge is 2.20. The van der Waals surface area contributed by atoms with Gasteiger partial charge >= 0.3 is 0 Å². The third-order valence-electron chi connectivity index (χ3n) is 4.93. The number of primary amides is 1. The van der Waals surface area contributed by atoms with Gasteiger partial charge in [0.2, 0.25) is 0 Å². The molecule has 0 saturated heterocycles. The largest absolute Gasteiger partial charge is 0.490 e. The fourth-order valence-electron chi connectivity index (χ4n) is 3.04. The Morgan fingerprint density at radius 2 is 1.97 bits per heavy atom. The molecular formula is C22H26N4O3. The van der Waals surface area contributed by atoms with E-state index in [-0.39, 0.29) is 17.6 Å². The van der Waals surface area contributed by atoms with Crippen molar-refractivity contribution in [2.24, 2.45) is 5.73 Å². The number of nitrogens with zero attached hydrogens (tertiary/aromatic N) is 2. The topological polar surface area (TPSA) is 107 Å². The van der Waals surface area contributed by atoms with E-state index < -0.39 is 11.9 Å². The average molecular weight is 394 g/mol. The molecule has 0 radical (unpaired) electrons. The van der Waals surface area contributed by atoms with Crippen LogP contribution in [0.1, 0.15) is 55.0 Å². The van der Waals surface area contributed by atoms with Crippen LogP contribution in [-0.4, -0.2) is 33.8 Å². The molecule has 1 aromatic heterocycles. The molecule has 1 unspecified atom stereocenters. The molecule has 0 bridgehead atoms. The molecule has 0 saturated carbocycles. The number of hydrogen-bond donors (Lipinski definition) is 2. The van der Waals surface area contributed by atoms with Crippen molar-refractivity contribution in [2.75, 3.05) is 5.32 Å². The third-order valence-corrected chi connectivity index (χ3v) is 4.93. The summed E-state index contributed by atoms with van der Waals surface area (Å²) in [6.45, 7) is 5.27. The number of anilines is 1. The predicted octanol–water partition coefficient (Wildman–Crippen LogP) is 3.29. The molecule has 3 rings (SSSR count). The van der Waals surface area contributed by atoms with Crippen LogP contribution in [0.5, 0.6) is 5.75 Å². The molecular weight excluding hydrogens is 368 g/mol. The van der Waals surface area contributed by atoms with E-state index in [1.165, 1.54) is 18.6 Å². The van der Waals surface area contributed by atoms with Crippen molar-refractivity contribution < 1.29 is 14.3 Å². The molecule has 1 aliphatic rings. The van der Waals surface area contributed by atoms with Gasteiger partial charge in [-0.25, -0.2) is 9.97 Å². The number of ether oxygens (including phenoxy) is 1. The first-order valence-corrected chi connectivity index (χ1v) is 9.70. The molecule has 29 heavy (non-hydrogen) atoms. The fourth-order valence-corrected chi connectivity index (χ4v) is 3.04. The third kappa shape index (κ3) is 5.40. The van der Waals surface area contributed by atoms with Gasteiger partial charge in [0.25, 0.3) is 5.91 Å². The van der Waals surface area contributed by atoms with Gasteiger partial charge < -0.3 is 15.8 Å². The molecule has 0 aliphatic heterocycles. The summed E-state index contributed by atoms with van der Waals surface area (Å²) in [4.78, 5) is 32.0. The first-order chi connectivity index (χ1) is 13.8. The van der Waals surface area contributed by atoms with Crippen molar-refractivity contribution in [2.45, 2.75) is 52.2 Å². The molecule has 152 valence electrons. The molecule has 0 fully saturated rings. The smallest absolute Gasteiger partial charge is 0.267 e. The predicted molar refractivity (Wildman–Crippen MR) is 112 cm³/mol. The van der Waals surface area contributed by atoms with Gasteiger partial charge in [0.15, 0.2) is 11.6 Å². The molecule has 1 heterocycles. The Kier molecular flexibility index (Phi) is 6.26. The SMILES string of the molecule is CC(=O)[C@H](C)Nc1cc(C(N)=O)nc(C2=CCC(Oc3ccc(C)cc3)CC2)n1. The maximum Gasteiger partial charge on any atom is 0.267 e. The number of amides is 1. The molecule has 1 amide bonds. The van der Waals surface area contributed by atoms with Crippen LogP contribution in [0.15, 0.2) is 36.4 Å². The standard InChI is InChI=1S/C22H26N4O3/c1-13-4-8-17(9-5-13)29-18-10-6-16(7-11-18)22-25-19(21(23)28)12-20(26-22)24-14(2)15(3)27/h4-6,8-9,12,14,18H,7,10-11H2,1-3H3,(H2,23,28)(H,24,25,26)/t14-,18?/m0/s1. The summed E-state index contributed by atoms with van der Waals surface area (Å²) in [6.07, 6.45) is 4.38. The zero-order valence-corrected chi connectivity index (χ0v) is 16.9. The van der Waals surface area contributed by atoms with E-state index in [0.717, 1.165) is 30.6 Å². The summed E-state index contributed by atoms with van der Waals surface area (Å²) < 4.78 is 6.05. The van der Waals surface area contributed by atoms with Gasteiger partial charge in [0.1, 0.15) is 23.4 Å². The van der Waals surface area contributed by atoms with Crippen molar-refractivity contribution in [1.29, 1.82) is 0 Å². The number of nitrogens with one attached hydrogen (secondary N) is 1. The van der Waals surface area contributed by atoms with Gasteiger partial charge in [-0.2, -0.15) is 0 Å². The van der Waals surface area contributed by atoms with Crippen LogP contribution in [0.2, 0.25) is 0 Å². The Hall–Kier alpha value is -3.22. The van der Waals surface area contributed by atoms with E-state index in [2.05, 4.69) is 15.3 Å².